The molecule has 0 spiro atoms. The Morgan fingerprint density at radius 2 is 1.44 bits per heavy atom. The molecule has 1 aliphatic heterocycles. The lowest BCUT2D eigenvalue weighted by Gasteiger charge is -2.20. The number of nitrogens with zero attached hydrogens (tertiary/aromatic N) is 1. The zero-order valence-electron chi connectivity index (χ0n) is 14.2. The van der Waals surface area contributed by atoms with Gasteiger partial charge in [0.2, 0.25) is 9.05 Å². The van der Waals surface area contributed by atoms with Crippen LogP contribution in [0.3, 0.4) is 0 Å². The summed E-state index contributed by atoms with van der Waals surface area (Å²) < 4.78 is 23.9. The third-order valence-electron chi connectivity index (χ3n) is 4.45. The number of rotatable bonds is 7. The number of ketones is 1. The first-order valence-corrected chi connectivity index (χ1v) is 10.6. The van der Waals surface area contributed by atoms with E-state index in [4.69, 9.17) is 10.7 Å². The van der Waals surface area contributed by atoms with Gasteiger partial charge in [0.25, 0.3) is 11.8 Å². The second-order valence-electron chi connectivity index (χ2n) is 6.19. The number of carbonyl (C=O) groups excluding carboxylic acids is 3. The van der Waals surface area contributed by atoms with Gasteiger partial charge in [0, 0.05) is 29.2 Å². The molecule has 0 fully saturated rings. The summed E-state index contributed by atoms with van der Waals surface area (Å²) >= 11 is 0. The molecule has 140 valence electrons. The van der Waals surface area contributed by atoms with E-state index in [1.807, 2.05) is 0 Å². The lowest BCUT2D eigenvalue weighted by atomic mass is 10.1. The van der Waals surface area contributed by atoms with Crippen molar-refractivity contribution in [2.24, 2.45) is 0 Å². The fourth-order valence-corrected chi connectivity index (χ4v) is 4.15. The van der Waals surface area contributed by atoms with Gasteiger partial charge < -0.3 is 0 Å². The van der Waals surface area contributed by atoms with E-state index < -0.39 is 26.1 Å². The summed E-state index contributed by atoms with van der Waals surface area (Å²) in [6.07, 6.45) is -0.156. The van der Waals surface area contributed by atoms with Crippen LogP contribution in [0.2, 0.25) is 0 Å². The fourth-order valence-electron chi connectivity index (χ4n) is 2.99. The Labute approximate surface area is 161 Å². The van der Waals surface area contributed by atoms with Crippen LogP contribution in [-0.2, 0) is 9.05 Å². The van der Waals surface area contributed by atoms with E-state index in [0.29, 0.717) is 5.56 Å². The van der Waals surface area contributed by atoms with Crippen molar-refractivity contribution < 1.29 is 22.8 Å². The molecule has 6 nitrogen and oxygen atoms in total. The van der Waals surface area contributed by atoms with Crippen molar-refractivity contribution in [1.82, 2.24) is 4.90 Å². The molecule has 2 aromatic carbocycles. The molecule has 0 aromatic heterocycles. The van der Waals surface area contributed by atoms with E-state index in [9.17, 15) is 22.8 Å². The Kier molecular flexibility index (Phi) is 5.43. The van der Waals surface area contributed by atoms with Gasteiger partial charge in [-0.25, -0.2) is 8.42 Å². The number of halogens is 1. The van der Waals surface area contributed by atoms with E-state index >= 15 is 0 Å². The van der Waals surface area contributed by atoms with Crippen LogP contribution in [0.25, 0.3) is 0 Å². The van der Waals surface area contributed by atoms with Crippen molar-refractivity contribution in [1.29, 1.82) is 0 Å². The van der Waals surface area contributed by atoms with Crippen LogP contribution in [0.5, 0.6) is 0 Å². The summed E-state index contributed by atoms with van der Waals surface area (Å²) in [5, 5.41) is -1.23. The largest absolute Gasteiger partial charge is 0.294 e. The van der Waals surface area contributed by atoms with Gasteiger partial charge in [-0.1, -0.05) is 42.5 Å². The topological polar surface area (TPSA) is 88.6 Å². The highest BCUT2D eigenvalue weighted by molar-refractivity contribution is 8.14. The minimum absolute atomic E-state index is 0.0657. The number of carbonyl (C=O) groups is 3. The van der Waals surface area contributed by atoms with Crippen LogP contribution in [0, 0.1) is 0 Å². The maximum atomic E-state index is 12.4. The number of hydrogen-bond acceptors (Lipinski definition) is 5. The van der Waals surface area contributed by atoms with Crippen LogP contribution >= 0.6 is 10.7 Å². The minimum Gasteiger partial charge on any atom is -0.294 e. The molecule has 0 N–H and O–H groups in total. The Balaban J connectivity index is 1.74. The number of fused-ring (bicyclic) bond motifs is 1. The summed E-state index contributed by atoms with van der Waals surface area (Å²) in [7, 11) is 1.43. The maximum Gasteiger partial charge on any atom is 0.261 e. The van der Waals surface area contributed by atoms with E-state index in [-0.39, 0.29) is 36.3 Å². The predicted octanol–water partition coefficient (Wildman–Crippen LogP) is 2.88. The predicted molar refractivity (Wildman–Crippen MR) is 100 cm³/mol. The average Bonchev–Trinajstić information content (AvgIpc) is 2.89. The van der Waals surface area contributed by atoms with Gasteiger partial charge in [0.1, 0.15) is 0 Å². The normalized spacial score (nSPS) is 14.9. The molecular formula is C19H16ClNO5S. The summed E-state index contributed by atoms with van der Waals surface area (Å²) in [6.45, 7) is -0.389. The van der Waals surface area contributed by atoms with Gasteiger partial charge in [0.15, 0.2) is 5.78 Å². The molecule has 3 rings (SSSR count). The van der Waals surface area contributed by atoms with Crippen molar-refractivity contribution in [2.45, 2.75) is 18.1 Å². The highest BCUT2D eigenvalue weighted by Crippen LogP contribution is 2.25. The van der Waals surface area contributed by atoms with Gasteiger partial charge in [-0.05, 0) is 18.6 Å². The second kappa shape index (κ2) is 7.62. The van der Waals surface area contributed by atoms with Gasteiger partial charge in [-0.2, -0.15) is 0 Å². The zero-order valence-corrected chi connectivity index (χ0v) is 15.7. The molecule has 2 aromatic rings. The molecule has 1 aliphatic rings. The highest BCUT2D eigenvalue weighted by atomic mass is 35.7. The highest BCUT2D eigenvalue weighted by Gasteiger charge is 2.38. The van der Waals surface area contributed by atoms with E-state index in [0.717, 1.165) is 4.90 Å². The van der Waals surface area contributed by atoms with Crippen molar-refractivity contribution in [3.05, 3.63) is 71.3 Å². The molecule has 0 bridgehead atoms. The summed E-state index contributed by atoms with van der Waals surface area (Å²) in [5.41, 5.74) is 0.922. The van der Waals surface area contributed by atoms with Crippen molar-refractivity contribution in [3.8, 4) is 0 Å². The number of Topliss-reactive ketones (excluding diaryl/α,β-unsaturated/α-hetero) is 1. The molecule has 8 heteroatoms. The molecule has 2 amide bonds. The van der Waals surface area contributed by atoms with Gasteiger partial charge >= 0.3 is 0 Å². The van der Waals surface area contributed by atoms with E-state index in [1.165, 1.54) is 12.1 Å². The molecule has 0 saturated heterocycles. The third kappa shape index (κ3) is 4.09. The molecule has 27 heavy (non-hydrogen) atoms. The SMILES string of the molecule is O=C(CCC(CN1C(=O)c2ccccc2C1=O)S(=O)(=O)Cl)c1ccccc1. The van der Waals surface area contributed by atoms with Crippen molar-refractivity contribution >= 4 is 37.3 Å². The first kappa shape index (κ1) is 19.3. The average molecular weight is 406 g/mol. The first-order valence-electron chi connectivity index (χ1n) is 8.26. The molecule has 1 heterocycles. The Morgan fingerprint density at radius 1 is 0.926 bits per heavy atom. The van der Waals surface area contributed by atoms with Gasteiger partial charge in [-0.15, -0.1) is 0 Å². The fraction of sp³-hybridized carbons (Fsp3) is 0.211. The number of imide groups is 1. The zero-order chi connectivity index (χ0) is 19.6. The number of benzene rings is 2. The molecule has 0 aliphatic carbocycles. The van der Waals surface area contributed by atoms with E-state index in [1.54, 1.807) is 42.5 Å². The van der Waals surface area contributed by atoms with Crippen LogP contribution < -0.4 is 0 Å². The summed E-state index contributed by atoms with van der Waals surface area (Å²) in [4.78, 5) is 38.0. The van der Waals surface area contributed by atoms with Gasteiger partial charge in [0.05, 0.1) is 16.4 Å². The number of amides is 2. The molecule has 1 atom stereocenters. The van der Waals surface area contributed by atoms with Crippen LogP contribution in [0.4, 0.5) is 0 Å². The maximum absolute atomic E-state index is 12.4. The van der Waals surface area contributed by atoms with E-state index in [2.05, 4.69) is 0 Å². The standard InChI is InChI=1S/C19H16ClNO5S/c20-27(25,26)14(10-11-17(22)13-6-2-1-3-7-13)12-21-18(23)15-8-4-5-9-16(15)19(21)24/h1-9,14H,10-12H2. The lowest BCUT2D eigenvalue weighted by Crippen LogP contribution is -2.39. The minimum atomic E-state index is -4.09. The third-order valence-corrected chi connectivity index (χ3v) is 6.39. The Morgan fingerprint density at radius 3 is 1.96 bits per heavy atom. The van der Waals surface area contributed by atoms with Crippen molar-refractivity contribution in [2.75, 3.05) is 6.54 Å². The van der Waals surface area contributed by atoms with Crippen LogP contribution in [0.1, 0.15) is 43.9 Å². The Hall–Kier alpha value is -2.51. The van der Waals surface area contributed by atoms with Crippen LogP contribution in [-0.4, -0.2) is 42.7 Å². The quantitative estimate of drug-likeness (QED) is 0.401. The second-order valence-corrected chi connectivity index (χ2v) is 9.10. The monoisotopic (exact) mass is 405 g/mol. The molecule has 0 radical (unpaired) electrons. The first-order chi connectivity index (χ1) is 12.8. The summed E-state index contributed by atoms with van der Waals surface area (Å²) in [5.74, 6) is -1.35. The summed E-state index contributed by atoms with van der Waals surface area (Å²) in [6, 6.07) is 14.7. The molecule has 0 saturated carbocycles. The Bertz CT molecular complexity index is 969. The molecule has 1 unspecified atom stereocenters. The van der Waals surface area contributed by atoms with Crippen molar-refractivity contribution in [3.63, 3.8) is 0 Å². The lowest BCUT2D eigenvalue weighted by molar-refractivity contribution is 0.0653. The van der Waals surface area contributed by atoms with Crippen LogP contribution in [0.15, 0.2) is 54.6 Å². The van der Waals surface area contributed by atoms with Gasteiger partial charge in [-0.3, -0.25) is 19.3 Å². The molecular weight excluding hydrogens is 390 g/mol. The number of hydrogen-bond donors (Lipinski definition) is 0. The smallest absolute Gasteiger partial charge is 0.261 e.